The van der Waals surface area contributed by atoms with Crippen molar-refractivity contribution in [3.8, 4) is 22.9 Å². The number of nitrogens with zero attached hydrogens (tertiary/aromatic N) is 3. The Morgan fingerprint density at radius 2 is 2.06 bits per heavy atom. The molecule has 0 amide bonds. The molecule has 1 saturated carbocycles. The number of thioether (sulfide) groups is 1. The molecule has 4 aromatic rings. The lowest BCUT2D eigenvalue weighted by Gasteiger charge is -2.15. The number of para-hydroxylation sites is 1. The van der Waals surface area contributed by atoms with Crippen LogP contribution >= 0.6 is 11.8 Å². The molecule has 8 heteroatoms. The number of methoxy groups -OCH3 is 1. The zero-order valence-corrected chi connectivity index (χ0v) is 20.1. The number of fused-ring (bicyclic) bond motifs is 1. The summed E-state index contributed by atoms with van der Waals surface area (Å²) in [7, 11) is 1.61. The summed E-state index contributed by atoms with van der Waals surface area (Å²) in [6.07, 6.45) is 7.55. The number of aromatic nitrogens is 4. The third-order valence-electron chi connectivity index (χ3n) is 5.79. The number of aliphatic hydroxyl groups excluding tert-OH is 1. The van der Waals surface area contributed by atoms with Crippen molar-refractivity contribution >= 4 is 28.7 Å². The Bertz CT molecular complexity index is 1310. The largest absolute Gasteiger partial charge is 0.493 e. The molecule has 34 heavy (non-hydrogen) atoms. The fourth-order valence-electron chi connectivity index (χ4n) is 3.98. The summed E-state index contributed by atoms with van der Waals surface area (Å²) in [6.45, 7) is 2.14. The van der Waals surface area contributed by atoms with Gasteiger partial charge in [0.2, 0.25) is 0 Å². The maximum Gasteiger partial charge on any atom is 0.191 e. The molecular formula is C26H28N4O3S. The van der Waals surface area contributed by atoms with E-state index in [1.165, 1.54) is 11.8 Å². The predicted octanol–water partition coefficient (Wildman–Crippen LogP) is 5.34. The van der Waals surface area contributed by atoms with Crippen molar-refractivity contribution < 1.29 is 14.6 Å². The minimum atomic E-state index is -0.661. The molecule has 1 unspecified atom stereocenters. The minimum Gasteiger partial charge on any atom is -0.493 e. The number of ether oxygens (including phenoxy) is 2. The Kier molecular flexibility index (Phi) is 6.60. The highest BCUT2D eigenvalue weighted by atomic mass is 32.2. The number of nitrogens with one attached hydrogen (secondary N) is 1. The number of hydrogen-bond acceptors (Lipinski definition) is 6. The average molecular weight is 477 g/mol. The molecule has 1 atom stereocenters. The van der Waals surface area contributed by atoms with Crippen molar-refractivity contribution in [2.75, 3.05) is 19.5 Å². The molecule has 2 heterocycles. The van der Waals surface area contributed by atoms with Gasteiger partial charge >= 0.3 is 0 Å². The van der Waals surface area contributed by atoms with Crippen LogP contribution in [-0.2, 0) is 0 Å². The van der Waals surface area contributed by atoms with Crippen molar-refractivity contribution in [2.45, 2.75) is 37.1 Å². The molecule has 7 nitrogen and oxygen atoms in total. The van der Waals surface area contributed by atoms with Crippen LogP contribution in [0.2, 0.25) is 0 Å². The molecule has 0 saturated heterocycles. The molecule has 0 bridgehead atoms. The molecule has 2 N–H and O–H groups in total. The SMILES string of the molecule is C/C=C/c1ccc(OCC(O)CSc2nnc(-c3c[nH]c4ccccc34)n2C2CC2)c(OC)c1. The Hall–Kier alpha value is -3.23. The van der Waals surface area contributed by atoms with E-state index in [1.807, 2.05) is 55.6 Å². The van der Waals surface area contributed by atoms with E-state index in [4.69, 9.17) is 9.47 Å². The second-order valence-corrected chi connectivity index (χ2v) is 9.33. The summed E-state index contributed by atoms with van der Waals surface area (Å²) in [5.74, 6) is 2.59. The highest BCUT2D eigenvalue weighted by Gasteiger charge is 2.31. The maximum absolute atomic E-state index is 10.6. The molecule has 0 aliphatic heterocycles. The number of H-pyrrole nitrogens is 1. The van der Waals surface area contributed by atoms with Gasteiger partial charge in [0.1, 0.15) is 6.61 Å². The second-order valence-electron chi connectivity index (χ2n) is 8.34. The molecule has 0 radical (unpaired) electrons. The molecule has 2 aromatic carbocycles. The Balaban J connectivity index is 1.26. The molecule has 1 aliphatic carbocycles. The number of aliphatic hydroxyl groups is 1. The van der Waals surface area contributed by atoms with E-state index in [9.17, 15) is 5.11 Å². The van der Waals surface area contributed by atoms with Crippen LogP contribution in [0.1, 0.15) is 31.4 Å². The lowest BCUT2D eigenvalue weighted by Crippen LogP contribution is -2.20. The molecule has 1 aliphatic rings. The third kappa shape index (κ3) is 4.69. The maximum atomic E-state index is 10.6. The fraction of sp³-hybridized carbons (Fsp3) is 0.308. The lowest BCUT2D eigenvalue weighted by molar-refractivity contribution is 0.124. The first-order chi connectivity index (χ1) is 16.7. The quantitative estimate of drug-likeness (QED) is 0.301. The molecule has 5 rings (SSSR count). The number of benzene rings is 2. The van der Waals surface area contributed by atoms with Crippen molar-refractivity contribution in [1.29, 1.82) is 0 Å². The first kappa shape index (κ1) is 22.6. The van der Waals surface area contributed by atoms with Gasteiger partial charge in [-0.2, -0.15) is 0 Å². The topological polar surface area (TPSA) is 85.2 Å². The Morgan fingerprint density at radius 1 is 1.21 bits per heavy atom. The van der Waals surface area contributed by atoms with Crippen LogP contribution in [0.15, 0.2) is 59.9 Å². The van der Waals surface area contributed by atoms with Gasteiger partial charge in [0.25, 0.3) is 0 Å². The van der Waals surface area contributed by atoms with E-state index in [0.717, 1.165) is 45.9 Å². The molecule has 1 fully saturated rings. The highest BCUT2D eigenvalue weighted by Crippen LogP contribution is 2.42. The summed E-state index contributed by atoms with van der Waals surface area (Å²) in [4.78, 5) is 3.33. The van der Waals surface area contributed by atoms with Crippen LogP contribution in [-0.4, -0.2) is 50.4 Å². The van der Waals surface area contributed by atoms with Gasteiger partial charge in [-0.05, 0) is 43.5 Å². The monoisotopic (exact) mass is 476 g/mol. The van der Waals surface area contributed by atoms with E-state index < -0.39 is 6.10 Å². The van der Waals surface area contributed by atoms with Gasteiger partial charge < -0.3 is 19.6 Å². The zero-order chi connectivity index (χ0) is 23.5. The average Bonchev–Trinajstić information content (AvgIpc) is 3.47. The number of aromatic amines is 1. The number of rotatable bonds is 10. The molecular weight excluding hydrogens is 448 g/mol. The van der Waals surface area contributed by atoms with Gasteiger partial charge in [0.05, 0.1) is 13.2 Å². The van der Waals surface area contributed by atoms with Crippen LogP contribution in [0.5, 0.6) is 11.5 Å². The highest BCUT2D eigenvalue weighted by molar-refractivity contribution is 7.99. The van der Waals surface area contributed by atoms with Crippen LogP contribution in [0.25, 0.3) is 28.4 Å². The second kappa shape index (κ2) is 9.95. The van der Waals surface area contributed by atoms with Crippen molar-refractivity contribution in [2.24, 2.45) is 0 Å². The number of allylic oxidation sites excluding steroid dienone is 1. The van der Waals surface area contributed by atoms with E-state index in [-0.39, 0.29) is 6.61 Å². The number of hydrogen-bond donors (Lipinski definition) is 2. The van der Waals surface area contributed by atoms with Crippen LogP contribution < -0.4 is 9.47 Å². The summed E-state index contributed by atoms with van der Waals surface area (Å²) in [6, 6.07) is 14.4. The Labute approximate surface area is 202 Å². The normalized spacial score (nSPS) is 14.7. The van der Waals surface area contributed by atoms with E-state index in [0.29, 0.717) is 23.3 Å². The van der Waals surface area contributed by atoms with Crippen LogP contribution in [0.4, 0.5) is 0 Å². The van der Waals surface area contributed by atoms with Gasteiger partial charge in [-0.1, -0.05) is 48.2 Å². The van der Waals surface area contributed by atoms with Gasteiger partial charge in [-0.3, -0.25) is 4.57 Å². The standard InChI is InChI=1S/C26H28N4O3S/c1-3-6-17-9-12-23(24(13-17)32-2)33-15-19(31)16-34-26-29-28-25(30(26)18-10-11-18)21-14-27-22-8-5-4-7-20(21)22/h3-9,12-14,18-19,27,31H,10-11,15-16H2,1-2H3/b6-3+. The zero-order valence-electron chi connectivity index (χ0n) is 19.3. The van der Waals surface area contributed by atoms with Crippen LogP contribution in [0.3, 0.4) is 0 Å². The van der Waals surface area contributed by atoms with E-state index in [1.54, 1.807) is 7.11 Å². The van der Waals surface area contributed by atoms with Gasteiger partial charge in [0, 0.05) is 34.5 Å². The van der Waals surface area contributed by atoms with Crippen LogP contribution in [0, 0.1) is 0 Å². The third-order valence-corrected chi connectivity index (χ3v) is 6.88. The summed E-state index contributed by atoms with van der Waals surface area (Å²) < 4.78 is 13.5. The van der Waals surface area contributed by atoms with Crippen molar-refractivity contribution in [1.82, 2.24) is 19.7 Å². The molecule has 2 aromatic heterocycles. The van der Waals surface area contributed by atoms with E-state index in [2.05, 4.69) is 31.9 Å². The van der Waals surface area contributed by atoms with Gasteiger partial charge in [0.15, 0.2) is 22.5 Å². The lowest BCUT2D eigenvalue weighted by atomic mass is 10.1. The molecule has 176 valence electrons. The first-order valence-electron chi connectivity index (χ1n) is 11.4. The summed E-state index contributed by atoms with van der Waals surface area (Å²) >= 11 is 1.51. The minimum absolute atomic E-state index is 0.166. The summed E-state index contributed by atoms with van der Waals surface area (Å²) in [5.41, 5.74) is 3.17. The van der Waals surface area contributed by atoms with E-state index >= 15 is 0 Å². The van der Waals surface area contributed by atoms with Gasteiger partial charge in [-0.25, -0.2) is 0 Å². The molecule has 0 spiro atoms. The summed E-state index contributed by atoms with van der Waals surface area (Å²) in [5, 5.41) is 21.5. The fourth-order valence-corrected chi connectivity index (χ4v) is 4.89. The van der Waals surface area contributed by atoms with Crippen molar-refractivity contribution in [3.05, 3.63) is 60.3 Å². The predicted molar refractivity (Wildman–Crippen MR) is 136 cm³/mol. The smallest absolute Gasteiger partial charge is 0.191 e. The van der Waals surface area contributed by atoms with Gasteiger partial charge in [-0.15, -0.1) is 10.2 Å². The van der Waals surface area contributed by atoms with Crippen molar-refractivity contribution in [3.63, 3.8) is 0 Å². The first-order valence-corrected chi connectivity index (χ1v) is 12.4. The Morgan fingerprint density at radius 3 is 2.85 bits per heavy atom.